The molecule has 96 valence electrons. The van der Waals surface area contributed by atoms with E-state index in [1.54, 1.807) is 6.07 Å². The monoisotopic (exact) mass is 249 g/mol. The van der Waals surface area contributed by atoms with Gasteiger partial charge in [0.1, 0.15) is 5.82 Å². The van der Waals surface area contributed by atoms with Crippen LogP contribution in [0.4, 0.5) is 4.39 Å². The zero-order chi connectivity index (χ0) is 13.1. The van der Waals surface area contributed by atoms with Crippen LogP contribution in [0.5, 0.6) is 0 Å². The number of carbonyl (C=O) groups is 2. The van der Waals surface area contributed by atoms with Crippen LogP contribution >= 0.6 is 0 Å². The fraction of sp³-hybridized carbons (Fsp3) is 0.429. The highest BCUT2D eigenvalue weighted by Crippen LogP contribution is 2.24. The first-order chi connectivity index (χ1) is 8.63. The fourth-order valence-electron chi connectivity index (χ4n) is 2.36. The highest BCUT2D eigenvalue weighted by atomic mass is 19.1. The van der Waals surface area contributed by atoms with E-state index in [1.807, 2.05) is 6.92 Å². The number of nitrogens with zero attached hydrogens (tertiary/aromatic N) is 1. The van der Waals surface area contributed by atoms with Crippen molar-refractivity contribution in [2.24, 2.45) is 5.92 Å². The normalized spacial score (nSPS) is 19.3. The molecule has 1 saturated heterocycles. The van der Waals surface area contributed by atoms with E-state index in [4.69, 9.17) is 0 Å². The molecule has 0 radical (unpaired) electrons. The van der Waals surface area contributed by atoms with Crippen molar-refractivity contribution in [2.45, 2.75) is 26.2 Å². The summed E-state index contributed by atoms with van der Waals surface area (Å²) in [5.41, 5.74) is -0.0250. The van der Waals surface area contributed by atoms with Gasteiger partial charge in [-0.2, -0.15) is 0 Å². The van der Waals surface area contributed by atoms with E-state index >= 15 is 0 Å². The standard InChI is InChI=1S/C14H16FNO2/c1-2-5-10-8-13(17)16(9-10)14(18)11-6-3-4-7-12(11)15/h3-4,6-7,10H,2,5,8-9H2,1H3. The van der Waals surface area contributed by atoms with Crippen molar-refractivity contribution in [1.82, 2.24) is 4.90 Å². The Bertz CT molecular complexity index is 473. The number of hydrogen-bond donors (Lipinski definition) is 0. The number of hydrogen-bond acceptors (Lipinski definition) is 2. The van der Waals surface area contributed by atoms with Gasteiger partial charge in [0.2, 0.25) is 5.91 Å². The lowest BCUT2D eigenvalue weighted by Crippen LogP contribution is -2.33. The van der Waals surface area contributed by atoms with Crippen LogP contribution in [0, 0.1) is 11.7 Å². The molecule has 1 atom stereocenters. The second-order valence-corrected chi connectivity index (χ2v) is 4.65. The summed E-state index contributed by atoms with van der Waals surface area (Å²) in [6.07, 6.45) is 2.31. The van der Waals surface area contributed by atoms with Gasteiger partial charge >= 0.3 is 0 Å². The van der Waals surface area contributed by atoms with Crippen LogP contribution in [0.3, 0.4) is 0 Å². The third-order valence-electron chi connectivity index (χ3n) is 3.25. The predicted molar refractivity (Wildman–Crippen MR) is 65.5 cm³/mol. The molecule has 4 heteroatoms. The Hall–Kier alpha value is -1.71. The molecule has 1 aromatic carbocycles. The molecule has 0 aliphatic carbocycles. The highest BCUT2D eigenvalue weighted by Gasteiger charge is 2.34. The lowest BCUT2D eigenvalue weighted by Gasteiger charge is -2.15. The first kappa shape index (κ1) is 12.7. The summed E-state index contributed by atoms with van der Waals surface area (Å²) in [4.78, 5) is 25.0. The number of carbonyl (C=O) groups excluding carboxylic acids is 2. The van der Waals surface area contributed by atoms with Crippen LogP contribution in [-0.2, 0) is 4.79 Å². The van der Waals surface area contributed by atoms with Gasteiger partial charge in [0, 0.05) is 13.0 Å². The van der Waals surface area contributed by atoms with Crippen molar-refractivity contribution in [3.05, 3.63) is 35.6 Å². The summed E-state index contributed by atoms with van der Waals surface area (Å²) in [6.45, 7) is 2.46. The van der Waals surface area contributed by atoms with E-state index in [2.05, 4.69) is 0 Å². The molecule has 1 unspecified atom stereocenters. The third kappa shape index (κ3) is 2.42. The van der Waals surface area contributed by atoms with Crippen molar-refractivity contribution in [1.29, 1.82) is 0 Å². The van der Waals surface area contributed by atoms with Gasteiger partial charge in [-0.1, -0.05) is 25.5 Å². The molecule has 2 rings (SSSR count). The van der Waals surface area contributed by atoms with E-state index in [0.29, 0.717) is 13.0 Å². The molecule has 0 spiro atoms. The molecule has 1 aromatic rings. The van der Waals surface area contributed by atoms with Crippen molar-refractivity contribution in [3.63, 3.8) is 0 Å². The highest BCUT2D eigenvalue weighted by molar-refractivity contribution is 6.05. The summed E-state index contributed by atoms with van der Waals surface area (Å²) >= 11 is 0. The molecule has 1 aliphatic rings. The maximum absolute atomic E-state index is 13.5. The average Bonchev–Trinajstić information content (AvgIpc) is 2.71. The van der Waals surface area contributed by atoms with Gasteiger partial charge in [-0.3, -0.25) is 14.5 Å². The van der Waals surface area contributed by atoms with Crippen LogP contribution in [0.2, 0.25) is 0 Å². The largest absolute Gasteiger partial charge is 0.278 e. The maximum atomic E-state index is 13.5. The van der Waals surface area contributed by atoms with Crippen LogP contribution in [0.1, 0.15) is 36.5 Å². The first-order valence-electron chi connectivity index (χ1n) is 6.22. The SMILES string of the molecule is CCCC1CC(=O)N(C(=O)c2ccccc2F)C1. The van der Waals surface area contributed by atoms with Crippen LogP contribution < -0.4 is 0 Å². The number of imide groups is 1. The molecule has 0 aromatic heterocycles. The van der Waals surface area contributed by atoms with Gasteiger partial charge in [0.25, 0.3) is 5.91 Å². The zero-order valence-corrected chi connectivity index (χ0v) is 10.4. The van der Waals surface area contributed by atoms with Gasteiger partial charge in [0.15, 0.2) is 0 Å². The van der Waals surface area contributed by atoms with Gasteiger partial charge in [-0.25, -0.2) is 4.39 Å². The molecule has 1 fully saturated rings. The maximum Gasteiger partial charge on any atom is 0.263 e. The summed E-state index contributed by atoms with van der Waals surface area (Å²) in [7, 11) is 0. The molecular formula is C14H16FNO2. The lowest BCUT2D eigenvalue weighted by molar-refractivity contribution is -0.125. The molecule has 0 saturated carbocycles. The minimum atomic E-state index is -0.575. The number of likely N-dealkylation sites (tertiary alicyclic amines) is 1. The number of amides is 2. The molecular weight excluding hydrogens is 233 g/mol. The first-order valence-corrected chi connectivity index (χ1v) is 6.22. The molecule has 0 N–H and O–H groups in total. The molecule has 18 heavy (non-hydrogen) atoms. The Morgan fingerprint density at radius 3 is 2.83 bits per heavy atom. The quantitative estimate of drug-likeness (QED) is 0.772. The number of rotatable bonds is 3. The van der Waals surface area contributed by atoms with Crippen LogP contribution in [0.25, 0.3) is 0 Å². The molecule has 0 bridgehead atoms. The Morgan fingerprint density at radius 1 is 1.44 bits per heavy atom. The molecule has 3 nitrogen and oxygen atoms in total. The Morgan fingerprint density at radius 2 is 2.17 bits per heavy atom. The molecule has 1 heterocycles. The van der Waals surface area contributed by atoms with E-state index in [-0.39, 0.29) is 17.4 Å². The molecule has 1 aliphatic heterocycles. The predicted octanol–water partition coefficient (Wildman–Crippen LogP) is 2.61. The number of benzene rings is 1. The Kier molecular flexibility index (Phi) is 3.75. The Balaban J connectivity index is 2.15. The topological polar surface area (TPSA) is 37.4 Å². The van der Waals surface area contributed by atoms with E-state index in [1.165, 1.54) is 23.1 Å². The van der Waals surface area contributed by atoms with E-state index < -0.39 is 11.7 Å². The second kappa shape index (κ2) is 5.29. The number of halogens is 1. The van der Waals surface area contributed by atoms with Gasteiger partial charge in [-0.15, -0.1) is 0 Å². The van der Waals surface area contributed by atoms with E-state index in [9.17, 15) is 14.0 Å². The minimum absolute atomic E-state index is 0.0250. The summed E-state index contributed by atoms with van der Waals surface area (Å²) in [6, 6.07) is 5.77. The Labute approximate surface area is 106 Å². The van der Waals surface area contributed by atoms with Crippen molar-refractivity contribution in [3.8, 4) is 0 Å². The summed E-state index contributed by atoms with van der Waals surface area (Å²) < 4.78 is 13.5. The second-order valence-electron chi connectivity index (χ2n) is 4.65. The van der Waals surface area contributed by atoms with Gasteiger partial charge < -0.3 is 0 Å². The van der Waals surface area contributed by atoms with E-state index in [0.717, 1.165) is 12.8 Å². The van der Waals surface area contributed by atoms with Gasteiger partial charge in [0.05, 0.1) is 5.56 Å². The van der Waals surface area contributed by atoms with Crippen LogP contribution in [0.15, 0.2) is 24.3 Å². The van der Waals surface area contributed by atoms with Crippen molar-refractivity contribution in [2.75, 3.05) is 6.54 Å². The van der Waals surface area contributed by atoms with Crippen molar-refractivity contribution < 1.29 is 14.0 Å². The zero-order valence-electron chi connectivity index (χ0n) is 10.4. The van der Waals surface area contributed by atoms with Crippen LogP contribution in [-0.4, -0.2) is 23.3 Å². The minimum Gasteiger partial charge on any atom is -0.278 e. The smallest absolute Gasteiger partial charge is 0.263 e. The van der Waals surface area contributed by atoms with Gasteiger partial charge in [-0.05, 0) is 24.5 Å². The fourth-order valence-corrected chi connectivity index (χ4v) is 2.36. The molecule has 2 amide bonds. The lowest BCUT2D eigenvalue weighted by atomic mass is 10.0. The van der Waals surface area contributed by atoms with Crippen molar-refractivity contribution >= 4 is 11.8 Å². The average molecular weight is 249 g/mol. The third-order valence-corrected chi connectivity index (χ3v) is 3.25. The summed E-state index contributed by atoms with van der Waals surface area (Å²) in [5.74, 6) is -1.06. The summed E-state index contributed by atoms with van der Waals surface area (Å²) in [5, 5.41) is 0.